The van der Waals surface area contributed by atoms with Gasteiger partial charge in [-0.25, -0.2) is 0 Å². The molecule has 0 atom stereocenters. The predicted molar refractivity (Wildman–Crippen MR) is 75.4 cm³/mol. The summed E-state index contributed by atoms with van der Waals surface area (Å²) in [6.45, 7) is 2.11. The molecule has 0 saturated carbocycles. The Hall–Kier alpha value is -1.61. The maximum absolute atomic E-state index is 10.7. The highest BCUT2D eigenvalue weighted by Gasteiger charge is 2.04. The van der Waals surface area contributed by atoms with Crippen molar-refractivity contribution in [3.05, 3.63) is 58.1 Å². The number of hydrogen-bond donors (Lipinski definition) is 0. The summed E-state index contributed by atoms with van der Waals surface area (Å²) >= 11 is 3.40. The highest BCUT2D eigenvalue weighted by atomic mass is 79.9. The number of hydrogen-bond acceptors (Lipinski definition) is 2. The van der Waals surface area contributed by atoms with Crippen molar-refractivity contribution in [3.8, 4) is 11.5 Å². The summed E-state index contributed by atoms with van der Waals surface area (Å²) in [7, 11) is 0. The summed E-state index contributed by atoms with van der Waals surface area (Å²) in [5.41, 5.74) is 1.85. The van der Waals surface area contributed by atoms with Crippen molar-refractivity contribution in [2.24, 2.45) is 0 Å². The van der Waals surface area contributed by atoms with E-state index < -0.39 is 0 Å². The van der Waals surface area contributed by atoms with Crippen molar-refractivity contribution in [3.63, 3.8) is 0 Å². The Kier molecular flexibility index (Phi) is 4.15. The van der Waals surface area contributed by atoms with Gasteiger partial charge >= 0.3 is 0 Å². The van der Waals surface area contributed by atoms with E-state index in [-0.39, 0.29) is 0 Å². The molecule has 0 aliphatic heterocycles. The fourth-order valence-electron chi connectivity index (χ4n) is 1.63. The number of carbonyl (C=O) groups excluding carboxylic acids is 1. The van der Waals surface area contributed by atoms with Crippen molar-refractivity contribution in [1.29, 1.82) is 0 Å². The van der Waals surface area contributed by atoms with Crippen LogP contribution in [0.15, 0.2) is 46.9 Å². The molecule has 0 aliphatic carbocycles. The van der Waals surface area contributed by atoms with Crippen LogP contribution in [0.5, 0.6) is 11.5 Å². The number of carbonyl (C=O) groups is 1. The molecule has 2 nitrogen and oxygen atoms in total. The lowest BCUT2D eigenvalue weighted by Gasteiger charge is -2.09. The third-order valence-electron chi connectivity index (χ3n) is 2.63. The predicted octanol–water partition coefficient (Wildman–Crippen LogP) is 4.62. The van der Waals surface area contributed by atoms with Crippen LogP contribution in [0.3, 0.4) is 0 Å². The average molecular weight is 305 g/mol. The first kappa shape index (κ1) is 12.8. The summed E-state index contributed by atoms with van der Waals surface area (Å²) in [5, 5.41) is 0. The topological polar surface area (TPSA) is 26.3 Å². The number of aryl methyl sites for hydroxylation is 1. The van der Waals surface area contributed by atoms with Gasteiger partial charge in [-0.05, 0) is 58.2 Å². The van der Waals surface area contributed by atoms with E-state index in [2.05, 4.69) is 28.9 Å². The number of benzene rings is 2. The highest BCUT2D eigenvalue weighted by Crippen LogP contribution is 2.30. The van der Waals surface area contributed by atoms with E-state index in [4.69, 9.17) is 4.74 Å². The van der Waals surface area contributed by atoms with Gasteiger partial charge in [0.2, 0.25) is 0 Å². The zero-order valence-electron chi connectivity index (χ0n) is 10.0. The SMILES string of the molecule is CCc1cccc(Oc2ccc(C=O)cc2Br)c1. The summed E-state index contributed by atoms with van der Waals surface area (Å²) < 4.78 is 6.56. The quantitative estimate of drug-likeness (QED) is 0.771. The molecule has 0 radical (unpaired) electrons. The lowest BCUT2D eigenvalue weighted by Crippen LogP contribution is -1.89. The minimum atomic E-state index is 0.622. The van der Waals surface area contributed by atoms with Crippen LogP contribution in [-0.2, 0) is 6.42 Å². The van der Waals surface area contributed by atoms with Crippen LogP contribution in [0.1, 0.15) is 22.8 Å². The van der Waals surface area contributed by atoms with Gasteiger partial charge in [-0.3, -0.25) is 4.79 Å². The molecular weight excluding hydrogens is 292 g/mol. The molecule has 0 fully saturated rings. The summed E-state index contributed by atoms with van der Waals surface area (Å²) in [4.78, 5) is 10.7. The third kappa shape index (κ3) is 2.99. The second kappa shape index (κ2) is 5.83. The van der Waals surface area contributed by atoms with Crippen molar-refractivity contribution in [2.75, 3.05) is 0 Å². The Morgan fingerprint density at radius 2 is 2.06 bits per heavy atom. The first-order valence-corrected chi connectivity index (χ1v) is 6.53. The Morgan fingerprint density at radius 3 is 2.72 bits per heavy atom. The van der Waals surface area contributed by atoms with Crippen molar-refractivity contribution in [2.45, 2.75) is 13.3 Å². The Bertz CT molecular complexity index is 564. The second-order valence-corrected chi connectivity index (χ2v) is 4.77. The normalized spacial score (nSPS) is 10.1. The molecule has 0 spiro atoms. The van der Waals surface area contributed by atoms with Crippen molar-refractivity contribution in [1.82, 2.24) is 0 Å². The number of halogens is 1. The fourth-order valence-corrected chi connectivity index (χ4v) is 2.11. The molecule has 92 valence electrons. The van der Waals surface area contributed by atoms with Crippen LogP contribution in [0.4, 0.5) is 0 Å². The third-order valence-corrected chi connectivity index (χ3v) is 3.25. The molecule has 18 heavy (non-hydrogen) atoms. The largest absolute Gasteiger partial charge is 0.456 e. The molecule has 0 heterocycles. The summed E-state index contributed by atoms with van der Waals surface area (Å²) in [5.74, 6) is 1.50. The molecular formula is C15H13BrO2. The smallest absolute Gasteiger partial charge is 0.150 e. The molecule has 0 bridgehead atoms. The molecule has 0 saturated heterocycles. The molecule has 0 N–H and O–H groups in total. The van der Waals surface area contributed by atoms with Gasteiger partial charge in [-0.15, -0.1) is 0 Å². The fraction of sp³-hybridized carbons (Fsp3) is 0.133. The van der Waals surface area contributed by atoms with Crippen LogP contribution in [-0.4, -0.2) is 6.29 Å². The maximum atomic E-state index is 10.7. The molecule has 0 amide bonds. The van der Waals surface area contributed by atoms with Gasteiger partial charge in [0.15, 0.2) is 0 Å². The van der Waals surface area contributed by atoms with E-state index in [1.807, 2.05) is 18.2 Å². The molecule has 2 aromatic rings. The summed E-state index contributed by atoms with van der Waals surface area (Å²) in [6, 6.07) is 13.2. The summed E-state index contributed by atoms with van der Waals surface area (Å²) in [6.07, 6.45) is 1.79. The van der Waals surface area contributed by atoms with E-state index in [1.54, 1.807) is 18.2 Å². The van der Waals surface area contributed by atoms with Crippen LogP contribution in [0.25, 0.3) is 0 Å². The van der Waals surface area contributed by atoms with Gasteiger partial charge in [0.1, 0.15) is 17.8 Å². The molecule has 0 aliphatic rings. The number of ether oxygens (including phenoxy) is 1. The first-order valence-electron chi connectivity index (χ1n) is 5.74. The van der Waals surface area contributed by atoms with Gasteiger partial charge in [-0.1, -0.05) is 19.1 Å². The molecule has 3 heteroatoms. The van der Waals surface area contributed by atoms with Gasteiger partial charge in [0.25, 0.3) is 0 Å². The van der Waals surface area contributed by atoms with Gasteiger partial charge in [0, 0.05) is 5.56 Å². The number of rotatable bonds is 4. The van der Waals surface area contributed by atoms with E-state index >= 15 is 0 Å². The zero-order valence-corrected chi connectivity index (χ0v) is 11.6. The van der Waals surface area contributed by atoms with E-state index in [0.29, 0.717) is 11.3 Å². The molecule has 0 unspecified atom stereocenters. The minimum absolute atomic E-state index is 0.622. The monoisotopic (exact) mass is 304 g/mol. The van der Waals surface area contributed by atoms with Gasteiger partial charge in [0.05, 0.1) is 4.47 Å². The van der Waals surface area contributed by atoms with Crippen LogP contribution in [0, 0.1) is 0 Å². The molecule has 2 aromatic carbocycles. The van der Waals surface area contributed by atoms with Crippen LogP contribution >= 0.6 is 15.9 Å². The molecule has 2 rings (SSSR count). The second-order valence-electron chi connectivity index (χ2n) is 3.91. The van der Waals surface area contributed by atoms with E-state index in [1.165, 1.54) is 5.56 Å². The Labute approximate surface area is 115 Å². The van der Waals surface area contributed by atoms with Crippen LogP contribution in [0.2, 0.25) is 0 Å². The molecule has 0 aromatic heterocycles. The van der Waals surface area contributed by atoms with Gasteiger partial charge in [-0.2, -0.15) is 0 Å². The average Bonchev–Trinajstić information content (AvgIpc) is 2.41. The van der Waals surface area contributed by atoms with Crippen molar-refractivity contribution < 1.29 is 9.53 Å². The standard InChI is InChI=1S/C15H13BrO2/c1-2-11-4-3-5-13(8-11)18-15-7-6-12(10-17)9-14(15)16/h3-10H,2H2,1H3. The van der Waals surface area contributed by atoms with E-state index in [0.717, 1.165) is 22.9 Å². The van der Waals surface area contributed by atoms with Crippen LogP contribution < -0.4 is 4.74 Å². The lowest BCUT2D eigenvalue weighted by atomic mass is 10.2. The van der Waals surface area contributed by atoms with Crippen molar-refractivity contribution >= 4 is 22.2 Å². The Morgan fingerprint density at radius 1 is 1.22 bits per heavy atom. The maximum Gasteiger partial charge on any atom is 0.150 e. The zero-order chi connectivity index (χ0) is 13.0. The number of aldehydes is 1. The minimum Gasteiger partial charge on any atom is -0.456 e. The lowest BCUT2D eigenvalue weighted by molar-refractivity contribution is 0.112. The highest BCUT2D eigenvalue weighted by molar-refractivity contribution is 9.10. The van der Waals surface area contributed by atoms with Gasteiger partial charge < -0.3 is 4.74 Å². The van der Waals surface area contributed by atoms with E-state index in [9.17, 15) is 4.79 Å². The Balaban J connectivity index is 2.25. The first-order chi connectivity index (χ1) is 8.72.